The number of piperidine rings is 2. The molecule has 3 aliphatic rings. The van der Waals surface area contributed by atoms with Gasteiger partial charge < -0.3 is 4.90 Å². The molecule has 0 spiro atoms. The first-order valence-corrected chi connectivity index (χ1v) is 6.04. The molecule has 3 fully saturated rings. The molecular weight excluding hydrogens is 212 g/mol. The zero-order chi connectivity index (χ0) is 11.8. The number of carbonyl (C=O) groups excluding carboxylic acids is 1. The molecule has 3 nitrogen and oxygen atoms in total. The minimum Gasteiger partial charge on any atom is -0.338 e. The molecule has 17 heavy (non-hydrogen) atoms. The van der Waals surface area contributed by atoms with Crippen molar-refractivity contribution in [1.82, 2.24) is 4.90 Å². The maximum Gasteiger partial charge on any atom is 0.226 e. The van der Waals surface area contributed by atoms with Gasteiger partial charge in [-0.25, -0.2) is 0 Å². The van der Waals surface area contributed by atoms with Crippen LogP contribution in [0.1, 0.15) is 24.0 Å². The van der Waals surface area contributed by atoms with Gasteiger partial charge in [0, 0.05) is 19.0 Å². The average Bonchev–Trinajstić information content (AvgIpc) is 2.31. The second kappa shape index (κ2) is 3.89. The molecule has 0 radical (unpaired) electrons. The molecule has 86 valence electrons. The van der Waals surface area contributed by atoms with Crippen molar-refractivity contribution in [2.24, 2.45) is 11.8 Å². The van der Waals surface area contributed by atoms with Gasteiger partial charge in [0.1, 0.15) is 0 Å². The van der Waals surface area contributed by atoms with E-state index in [2.05, 4.69) is 6.07 Å². The molecule has 0 N–H and O–H groups in total. The quantitative estimate of drug-likeness (QED) is 0.773. The Kier molecular flexibility index (Phi) is 2.36. The lowest BCUT2D eigenvalue weighted by molar-refractivity contribution is -0.149. The predicted octanol–water partition coefficient (Wildman–Crippen LogP) is 1.93. The summed E-state index contributed by atoms with van der Waals surface area (Å²) in [5.41, 5.74) is 1.78. The van der Waals surface area contributed by atoms with Crippen LogP contribution < -0.4 is 0 Å². The van der Waals surface area contributed by atoms with Crippen LogP contribution in [0, 0.1) is 23.2 Å². The first-order valence-electron chi connectivity index (χ1n) is 6.04. The second-order valence-corrected chi connectivity index (χ2v) is 5.06. The van der Waals surface area contributed by atoms with Crippen molar-refractivity contribution in [3.05, 3.63) is 35.4 Å². The SMILES string of the molecule is N#Cc1ccc(CN2CC3CC(C3)C2=O)cc1. The van der Waals surface area contributed by atoms with Gasteiger partial charge in [-0.1, -0.05) is 12.1 Å². The molecule has 2 heterocycles. The standard InChI is InChI=1S/C14H14N2O/c15-7-10-1-3-11(4-2-10)8-16-9-12-5-13(6-12)14(16)17/h1-4,12-13H,5-6,8-9H2. The molecule has 1 aliphatic carbocycles. The minimum absolute atomic E-state index is 0.298. The summed E-state index contributed by atoms with van der Waals surface area (Å²) in [7, 11) is 0. The summed E-state index contributed by atoms with van der Waals surface area (Å²) in [4.78, 5) is 13.9. The van der Waals surface area contributed by atoms with E-state index in [0.717, 1.165) is 30.9 Å². The summed E-state index contributed by atoms with van der Waals surface area (Å²) < 4.78 is 0. The van der Waals surface area contributed by atoms with Crippen molar-refractivity contribution < 1.29 is 4.79 Å². The van der Waals surface area contributed by atoms with Gasteiger partial charge in [-0.2, -0.15) is 5.26 Å². The molecule has 1 aromatic carbocycles. The van der Waals surface area contributed by atoms with Gasteiger partial charge >= 0.3 is 0 Å². The molecule has 0 unspecified atom stereocenters. The largest absolute Gasteiger partial charge is 0.338 e. The number of benzene rings is 1. The molecule has 1 amide bonds. The molecular formula is C14H14N2O. The van der Waals surface area contributed by atoms with Gasteiger partial charge in [0.25, 0.3) is 0 Å². The lowest BCUT2D eigenvalue weighted by atomic mass is 9.70. The van der Waals surface area contributed by atoms with Crippen molar-refractivity contribution in [1.29, 1.82) is 5.26 Å². The van der Waals surface area contributed by atoms with Crippen LogP contribution in [-0.2, 0) is 11.3 Å². The third-order valence-corrected chi connectivity index (χ3v) is 3.83. The maximum atomic E-state index is 12.0. The number of hydrogen-bond donors (Lipinski definition) is 0. The Bertz CT molecular complexity index is 480. The molecule has 2 saturated heterocycles. The number of nitrogens with zero attached hydrogens (tertiary/aromatic N) is 2. The van der Waals surface area contributed by atoms with Crippen LogP contribution in [0.25, 0.3) is 0 Å². The smallest absolute Gasteiger partial charge is 0.226 e. The highest BCUT2D eigenvalue weighted by Gasteiger charge is 2.43. The van der Waals surface area contributed by atoms with Crippen LogP contribution >= 0.6 is 0 Å². The van der Waals surface area contributed by atoms with Gasteiger partial charge in [0.15, 0.2) is 0 Å². The summed E-state index contributed by atoms with van der Waals surface area (Å²) in [5.74, 6) is 1.35. The first kappa shape index (κ1) is 10.3. The zero-order valence-corrected chi connectivity index (χ0v) is 9.60. The van der Waals surface area contributed by atoms with Crippen LogP contribution in [0.4, 0.5) is 0 Å². The van der Waals surface area contributed by atoms with Crippen LogP contribution in [0.2, 0.25) is 0 Å². The monoisotopic (exact) mass is 226 g/mol. The summed E-state index contributed by atoms with van der Waals surface area (Å²) in [6, 6.07) is 9.59. The average molecular weight is 226 g/mol. The van der Waals surface area contributed by atoms with Crippen molar-refractivity contribution in [3.63, 3.8) is 0 Å². The minimum atomic E-state index is 0.298. The molecule has 2 bridgehead atoms. The number of fused-ring (bicyclic) bond motifs is 2. The van der Waals surface area contributed by atoms with Crippen molar-refractivity contribution in [3.8, 4) is 6.07 Å². The Morgan fingerprint density at radius 3 is 2.59 bits per heavy atom. The van der Waals surface area contributed by atoms with Gasteiger partial charge in [-0.15, -0.1) is 0 Å². The number of carbonyl (C=O) groups is 1. The van der Waals surface area contributed by atoms with E-state index < -0.39 is 0 Å². The Labute approximate surface area is 101 Å². The lowest BCUT2D eigenvalue weighted by Crippen LogP contribution is -2.52. The third-order valence-electron chi connectivity index (χ3n) is 3.83. The Hall–Kier alpha value is -1.82. The van der Waals surface area contributed by atoms with E-state index in [1.807, 2.05) is 29.2 Å². The molecule has 2 aliphatic heterocycles. The van der Waals surface area contributed by atoms with Gasteiger partial charge in [0.2, 0.25) is 5.91 Å². The van der Waals surface area contributed by atoms with E-state index in [0.29, 0.717) is 23.9 Å². The normalized spacial score (nSPS) is 26.3. The number of nitriles is 1. The molecule has 3 heteroatoms. The summed E-state index contributed by atoms with van der Waals surface area (Å²) in [6.07, 6.45) is 2.20. The van der Waals surface area contributed by atoms with Gasteiger partial charge in [-0.3, -0.25) is 4.79 Å². The first-order chi connectivity index (χ1) is 8.26. The summed E-state index contributed by atoms with van der Waals surface area (Å²) >= 11 is 0. The Morgan fingerprint density at radius 1 is 1.29 bits per heavy atom. The van der Waals surface area contributed by atoms with E-state index >= 15 is 0 Å². The highest BCUT2D eigenvalue weighted by atomic mass is 16.2. The van der Waals surface area contributed by atoms with Crippen molar-refractivity contribution in [2.45, 2.75) is 19.4 Å². The van der Waals surface area contributed by atoms with Crippen LogP contribution in [0.3, 0.4) is 0 Å². The molecule has 4 rings (SSSR count). The number of amides is 1. The molecule has 0 atom stereocenters. The fourth-order valence-corrected chi connectivity index (χ4v) is 2.79. The molecule has 1 aromatic rings. The van der Waals surface area contributed by atoms with Crippen molar-refractivity contribution >= 4 is 5.91 Å². The Morgan fingerprint density at radius 2 is 2.00 bits per heavy atom. The van der Waals surface area contributed by atoms with E-state index in [1.165, 1.54) is 0 Å². The Balaban J connectivity index is 1.70. The maximum absolute atomic E-state index is 12.0. The molecule has 1 saturated carbocycles. The van der Waals surface area contributed by atoms with E-state index in [-0.39, 0.29) is 0 Å². The zero-order valence-electron chi connectivity index (χ0n) is 9.60. The van der Waals surface area contributed by atoms with Crippen LogP contribution in [0.5, 0.6) is 0 Å². The van der Waals surface area contributed by atoms with Crippen LogP contribution in [0.15, 0.2) is 24.3 Å². The fraction of sp³-hybridized carbons (Fsp3) is 0.429. The van der Waals surface area contributed by atoms with Crippen molar-refractivity contribution in [2.75, 3.05) is 6.54 Å². The second-order valence-electron chi connectivity index (χ2n) is 5.06. The highest BCUT2D eigenvalue weighted by Crippen LogP contribution is 2.40. The third kappa shape index (κ3) is 1.80. The topological polar surface area (TPSA) is 44.1 Å². The van der Waals surface area contributed by atoms with E-state index in [9.17, 15) is 4.79 Å². The van der Waals surface area contributed by atoms with Gasteiger partial charge in [0.05, 0.1) is 11.6 Å². The summed E-state index contributed by atoms with van der Waals surface area (Å²) in [6.45, 7) is 1.60. The lowest BCUT2D eigenvalue weighted by Gasteiger charge is -2.46. The van der Waals surface area contributed by atoms with E-state index in [1.54, 1.807) is 0 Å². The molecule has 0 aromatic heterocycles. The fourth-order valence-electron chi connectivity index (χ4n) is 2.79. The van der Waals surface area contributed by atoms with Crippen LogP contribution in [-0.4, -0.2) is 17.4 Å². The number of rotatable bonds is 2. The highest BCUT2D eigenvalue weighted by molar-refractivity contribution is 5.81. The van der Waals surface area contributed by atoms with E-state index in [4.69, 9.17) is 5.26 Å². The van der Waals surface area contributed by atoms with Gasteiger partial charge in [-0.05, 0) is 36.5 Å². The summed E-state index contributed by atoms with van der Waals surface area (Å²) in [5, 5.41) is 8.72. The number of hydrogen-bond acceptors (Lipinski definition) is 2. The predicted molar refractivity (Wildman–Crippen MR) is 62.8 cm³/mol.